The molecule has 3 nitrogen and oxygen atoms in total. The average molecular weight is 236 g/mol. The number of rotatable bonds is 1. The summed E-state index contributed by atoms with van der Waals surface area (Å²) < 4.78 is 5.09. The first-order valence-corrected chi connectivity index (χ1v) is 7.07. The van der Waals surface area contributed by atoms with E-state index in [-0.39, 0.29) is 11.9 Å². The van der Waals surface area contributed by atoms with Crippen LogP contribution in [-0.4, -0.2) is 23.3 Å². The standard InChI is InChI=1S/C14H20O3/c15-13-12(1-2-17-13)14(16)10-4-8-3-9(6-10)7-11(14)5-8/h8-12,16H,1-7H2. The first-order chi connectivity index (χ1) is 8.18. The topological polar surface area (TPSA) is 46.5 Å². The number of carbonyl (C=O) groups excluding carboxylic acids is 1. The summed E-state index contributed by atoms with van der Waals surface area (Å²) in [6, 6.07) is 0. The molecule has 1 unspecified atom stereocenters. The third-order valence-corrected chi connectivity index (χ3v) is 5.94. The fraction of sp³-hybridized carbons (Fsp3) is 0.929. The van der Waals surface area contributed by atoms with E-state index in [0.717, 1.165) is 43.9 Å². The van der Waals surface area contributed by atoms with Crippen LogP contribution in [0.2, 0.25) is 0 Å². The van der Waals surface area contributed by atoms with Crippen molar-refractivity contribution in [3.05, 3.63) is 0 Å². The Morgan fingerprint density at radius 3 is 2.12 bits per heavy atom. The summed E-state index contributed by atoms with van der Waals surface area (Å²) in [4.78, 5) is 11.8. The lowest BCUT2D eigenvalue weighted by molar-refractivity contribution is -0.204. The summed E-state index contributed by atoms with van der Waals surface area (Å²) >= 11 is 0. The molecule has 1 atom stereocenters. The summed E-state index contributed by atoms with van der Waals surface area (Å²) in [6.07, 6.45) is 6.69. The number of hydrogen-bond acceptors (Lipinski definition) is 3. The van der Waals surface area contributed by atoms with Gasteiger partial charge in [0.2, 0.25) is 0 Å². The van der Waals surface area contributed by atoms with Crippen LogP contribution in [0, 0.1) is 29.6 Å². The molecule has 5 aliphatic rings. The molecule has 0 spiro atoms. The minimum absolute atomic E-state index is 0.139. The lowest BCUT2D eigenvalue weighted by Gasteiger charge is -2.60. The third-order valence-electron chi connectivity index (χ3n) is 5.94. The van der Waals surface area contributed by atoms with Crippen LogP contribution in [0.4, 0.5) is 0 Å². The highest BCUT2D eigenvalue weighted by Gasteiger charge is 2.62. The molecule has 1 heterocycles. The molecule has 0 aromatic heterocycles. The largest absolute Gasteiger partial charge is 0.465 e. The fourth-order valence-corrected chi connectivity index (χ4v) is 5.42. The molecule has 4 aliphatic carbocycles. The number of cyclic esters (lactones) is 1. The second-order valence-corrected chi connectivity index (χ2v) is 6.70. The van der Waals surface area contributed by atoms with E-state index in [2.05, 4.69) is 0 Å². The van der Waals surface area contributed by atoms with E-state index in [0.29, 0.717) is 18.4 Å². The summed E-state index contributed by atoms with van der Waals surface area (Å²) in [7, 11) is 0. The molecule has 5 rings (SSSR count). The molecule has 0 radical (unpaired) electrons. The van der Waals surface area contributed by atoms with Gasteiger partial charge in [0, 0.05) is 0 Å². The van der Waals surface area contributed by atoms with Gasteiger partial charge in [0.25, 0.3) is 0 Å². The Hall–Kier alpha value is -0.570. The quantitative estimate of drug-likeness (QED) is 0.705. The molecule has 0 amide bonds. The lowest BCUT2D eigenvalue weighted by Crippen LogP contribution is -2.62. The SMILES string of the molecule is O=C1OCCC1C1(O)C2CC3CC(C2)CC1C3. The average Bonchev–Trinajstić information content (AvgIpc) is 2.71. The van der Waals surface area contributed by atoms with Crippen molar-refractivity contribution in [3.63, 3.8) is 0 Å². The Labute approximate surface area is 102 Å². The normalized spacial score (nSPS) is 56.3. The van der Waals surface area contributed by atoms with Crippen molar-refractivity contribution in [2.24, 2.45) is 29.6 Å². The van der Waals surface area contributed by atoms with Gasteiger partial charge in [0.15, 0.2) is 0 Å². The molecular formula is C14H20O3. The van der Waals surface area contributed by atoms with E-state index in [1.807, 2.05) is 0 Å². The Kier molecular flexibility index (Phi) is 1.98. The minimum Gasteiger partial charge on any atom is -0.465 e. The maximum absolute atomic E-state index is 11.8. The molecule has 4 saturated carbocycles. The van der Waals surface area contributed by atoms with Crippen molar-refractivity contribution in [2.75, 3.05) is 6.61 Å². The van der Waals surface area contributed by atoms with Gasteiger partial charge < -0.3 is 9.84 Å². The van der Waals surface area contributed by atoms with Gasteiger partial charge in [0.1, 0.15) is 0 Å². The Bertz CT molecular complexity index is 334. The molecule has 4 bridgehead atoms. The van der Waals surface area contributed by atoms with Crippen molar-refractivity contribution >= 4 is 5.97 Å². The van der Waals surface area contributed by atoms with Crippen LogP contribution < -0.4 is 0 Å². The molecule has 0 aromatic carbocycles. The first-order valence-electron chi connectivity index (χ1n) is 7.07. The van der Waals surface area contributed by atoms with Gasteiger partial charge in [-0.3, -0.25) is 4.79 Å². The molecule has 17 heavy (non-hydrogen) atoms. The zero-order valence-corrected chi connectivity index (χ0v) is 10.1. The van der Waals surface area contributed by atoms with Gasteiger partial charge in [-0.25, -0.2) is 0 Å². The van der Waals surface area contributed by atoms with Gasteiger partial charge in [0.05, 0.1) is 18.1 Å². The molecular weight excluding hydrogens is 216 g/mol. The number of hydrogen-bond donors (Lipinski definition) is 1. The lowest BCUT2D eigenvalue weighted by atomic mass is 9.47. The molecule has 3 heteroatoms. The van der Waals surface area contributed by atoms with Crippen LogP contribution in [0.25, 0.3) is 0 Å². The highest BCUT2D eigenvalue weighted by atomic mass is 16.5. The van der Waals surface area contributed by atoms with Crippen LogP contribution in [0.1, 0.15) is 38.5 Å². The second kappa shape index (κ2) is 3.25. The Morgan fingerprint density at radius 2 is 1.65 bits per heavy atom. The zero-order chi connectivity index (χ0) is 11.6. The van der Waals surface area contributed by atoms with Crippen molar-refractivity contribution in [1.29, 1.82) is 0 Å². The maximum Gasteiger partial charge on any atom is 0.312 e. The number of ether oxygens (including phenoxy) is 1. The molecule has 1 N–H and O–H groups in total. The maximum atomic E-state index is 11.8. The molecule has 5 fully saturated rings. The Morgan fingerprint density at radius 1 is 1.06 bits per heavy atom. The van der Waals surface area contributed by atoms with Gasteiger partial charge in [-0.05, 0) is 62.2 Å². The van der Waals surface area contributed by atoms with Crippen molar-refractivity contribution in [2.45, 2.75) is 44.1 Å². The van der Waals surface area contributed by atoms with E-state index in [9.17, 15) is 9.90 Å². The number of esters is 1. The number of carbonyl (C=O) groups is 1. The van der Waals surface area contributed by atoms with Crippen LogP contribution in [0.5, 0.6) is 0 Å². The summed E-state index contributed by atoms with van der Waals surface area (Å²) in [6.45, 7) is 0.512. The van der Waals surface area contributed by atoms with Crippen molar-refractivity contribution in [1.82, 2.24) is 0 Å². The van der Waals surface area contributed by atoms with Crippen LogP contribution in [0.3, 0.4) is 0 Å². The molecule has 1 saturated heterocycles. The van der Waals surface area contributed by atoms with E-state index < -0.39 is 5.60 Å². The highest BCUT2D eigenvalue weighted by molar-refractivity contribution is 5.75. The van der Waals surface area contributed by atoms with Gasteiger partial charge >= 0.3 is 5.97 Å². The monoisotopic (exact) mass is 236 g/mol. The van der Waals surface area contributed by atoms with E-state index in [1.165, 1.54) is 6.42 Å². The van der Waals surface area contributed by atoms with Gasteiger partial charge in [-0.1, -0.05) is 0 Å². The zero-order valence-electron chi connectivity index (χ0n) is 10.1. The van der Waals surface area contributed by atoms with Crippen molar-refractivity contribution in [3.8, 4) is 0 Å². The predicted octanol–water partition coefficient (Wildman–Crippen LogP) is 1.74. The van der Waals surface area contributed by atoms with Gasteiger partial charge in [-0.15, -0.1) is 0 Å². The first kappa shape index (κ1) is 10.4. The summed E-state index contributed by atoms with van der Waals surface area (Å²) in [5.41, 5.74) is -0.721. The molecule has 1 aliphatic heterocycles. The van der Waals surface area contributed by atoms with Crippen LogP contribution >= 0.6 is 0 Å². The van der Waals surface area contributed by atoms with Crippen LogP contribution in [-0.2, 0) is 9.53 Å². The highest BCUT2D eigenvalue weighted by Crippen LogP contribution is 2.61. The minimum atomic E-state index is -0.721. The van der Waals surface area contributed by atoms with E-state index in [4.69, 9.17) is 4.74 Å². The summed E-state index contributed by atoms with van der Waals surface area (Å²) in [5.74, 6) is 2.03. The van der Waals surface area contributed by atoms with Gasteiger partial charge in [-0.2, -0.15) is 0 Å². The second-order valence-electron chi connectivity index (χ2n) is 6.70. The predicted molar refractivity (Wildman–Crippen MR) is 61.1 cm³/mol. The fourth-order valence-electron chi connectivity index (χ4n) is 5.42. The molecule has 94 valence electrons. The third kappa shape index (κ3) is 1.24. The smallest absolute Gasteiger partial charge is 0.312 e. The molecule has 0 aromatic rings. The Balaban J connectivity index is 1.70. The number of aliphatic hydroxyl groups is 1. The van der Waals surface area contributed by atoms with Crippen molar-refractivity contribution < 1.29 is 14.6 Å². The van der Waals surface area contributed by atoms with E-state index >= 15 is 0 Å². The summed E-state index contributed by atoms with van der Waals surface area (Å²) in [5, 5.41) is 11.2. The van der Waals surface area contributed by atoms with Crippen LogP contribution in [0.15, 0.2) is 0 Å². The van der Waals surface area contributed by atoms with E-state index in [1.54, 1.807) is 0 Å².